The van der Waals surface area contributed by atoms with Gasteiger partial charge in [0.2, 0.25) is 0 Å². The van der Waals surface area contributed by atoms with Gasteiger partial charge in [0.15, 0.2) is 5.82 Å². The second kappa shape index (κ2) is 6.12. The highest BCUT2D eigenvalue weighted by molar-refractivity contribution is 5.61. The lowest BCUT2D eigenvalue weighted by Crippen LogP contribution is -2.22. The summed E-state index contributed by atoms with van der Waals surface area (Å²) in [6.45, 7) is 2.31. The molecule has 110 valence electrons. The van der Waals surface area contributed by atoms with E-state index in [0.29, 0.717) is 12.0 Å². The number of rotatable bonds is 4. The van der Waals surface area contributed by atoms with Crippen molar-refractivity contribution >= 4 is 11.6 Å². The third-order valence-corrected chi connectivity index (χ3v) is 4.21. The van der Waals surface area contributed by atoms with Crippen molar-refractivity contribution in [1.29, 1.82) is 0 Å². The second-order valence-electron chi connectivity index (χ2n) is 5.74. The van der Waals surface area contributed by atoms with E-state index in [9.17, 15) is 0 Å². The number of nitrogens with zero attached hydrogens (tertiary/aromatic N) is 2. The van der Waals surface area contributed by atoms with E-state index in [1.165, 1.54) is 19.3 Å². The van der Waals surface area contributed by atoms with E-state index in [2.05, 4.69) is 27.5 Å². The van der Waals surface area contributed by atoms with Crippen molar-refractivity contribution in [2.75, 3.05) is 17.7 Å². The van der Waals surface area contributed by atoms with Crippen LogP contribution in [0.4, 0.5) is 11.6 Å². The first-order chi connectivity index (χ1) is 10.3. The lowest BCUT2D eigenvalue weighted by atomic mass is 10.1. The summed E-state index contributed by atoms with van der Waals surface area (Å²) in [7, 11) is 1.89. The minimum absolute atomic E-state index is 0.522. The Morgan fingerprint density at radius 2 is 1.81 bits per heavy atom. The molecule has 21 heavy (non-hydrogen) atoms. The van der Waals surface area contributed by atoms with E-state index < -0.39 is 0 Å². The molecule has 0 radical (unpaired) electrons. The van der Waals surface area contributed by atoms with E-state index in [4.69, 9.17) is 0 Å². The Hall–Kier alpha value is -2.10. The van der Waals surface area contributed by atoms with Crippen LogP contribution in [0.3, 0.4) is 0 Å². The fourth-order valence-electron chi connectivity index (χ4n) is 2.92. The van der Waals surface area contributed by atoms with Crippen molar-refractivity contribution in [2.45, 2.75) is 32.2 Å². The zero-order valence-corrected chi connectivity index (χ0v) is 12.6. The third kappa shape index (κ3) is 3.15. The summed E-state index contributed by atoms with van der Waals surface area (Å²) in [5.41, 5.74) is 1.04. The van der Waals surface area contributed by atoms with Gasteiger partial charge in [0.05, 0.1) is 0 Å². The summed E-state index contributed by atoms with van der Waals surface area (Å²) in [6, 6.07) is 12.6. The van der Waals surface area contributed by atoms with Crippen LogP contribution in [0, 0.1) is 5.92 Å². The normalized spacial score (nSPS) is 21.2. The molecule has 1 heterocycles. The van der Waals surface area contributed by atoms with Crippen molar-refractivity contribution < 1.29 is 0 Å². The maximum atomic E-state index is 4.69. The molecule has 2 atom stereocenters. The predicted octanol–water partition coefficient (Wildman–Crippen LogP) is 3.79. The first-order valence-electron chi connectivity index (χ1n) is 7.65. The van der Waals surface area contributed by atoms with Crippen LogP contribution in [0.15, 0.2) is 36.4 Å². The highest BCUT2D eigenvalue weighted by atomic mass is 15.1. The van der Waals surface area contributed by atoms with Gasteiger partial charge in [0, 0.05) is 24.7 Å². The van der Waals surface area contributed by atoms with Crippen molar-refractivity contribution in [3.05, 3.63) is 36.4 Å². The van der Waals surface area contributed by atoms with Crippen LogP contribution in [-0.2, 0) is 0 Å². The maximum Gasteiger partial charge on any atom is 0.163 e. The molecule has 0 bridgehead atoms. The molecule has 4 nitrogen and oxygen atoms in total. The van der Waals surface area contributed by atoms with Crippen LogP contribution in [0.2, 0.25) is 0 Å². The van der Waals surface area contributed by atoms with Gasteiger partial charge in [0.25, 0.3) is 0 Å². The molecule has 0 spiro atoms. The zero-order chi connectivity index (χ0) is 14.7. The molecule has 0 aliphatic heterocycles. The SMILES string of the molecule is CNc1cc(NC2CCCC2C)nc(-c2ccccc2)n1. The van der Waals surface area contributed by atoms with Crippen molar-refractivity contribution in [1.82, 2.24) is 9.97 Å². The van der Waals surface area contributed by atoms with Crippen LogP contribution in [-0.4, -0.2) is 23.1 Å². The fourth-order valence-corrected chi connectivity index (χ4v) is 2.92. The van der Waals surface area contributed by atoms with E-state index in [1.54, 1.807) is 0 Å². The second-order valence-corrected chi connectivity index (χ2v) is 5.74. The van der Waals surface area contributed by atoms with Crippen LogP contribution >= 0.6 is 0 Å². The van der Waals surface area contributed by atoms with Gasteiger partial charge >= 0.3 is 0 Å². The van der Waals surface area contributed by atoms with E-state index in [1.807, 2.05) is 43.4 Å². The lowest BCUT2D eigenvalue weighted by Gasteiger charge is -2.18. The highest BCUT2D eigenvalue weighted by Gasteiger charge is 2.23. The lowest BCUT2D eigenvalue weighted by molar-refractivity contribution is 0.555. The molecule has 1 aromatic carbocycles. The van der Waals surface area contributed by atoms with Crippen molar-refractivity contribution in [2.24, 2.45) is 5.92 Å². The van der Waals surface area contributed by atoms with Crippen molar-refractivity contribution in [3.63, 3.8) is 0 Å². The molecule has 2 N–H and O–H groups in total. The van der Waals surface area contributed by atoms with Crippen LogP contribution in [0.25, 0.3) is 11.4 Å². The molecule has 0 saturated heterocycles. The minimum atomic E-state index is 0.522. The number of aromatic nitrogens is 2. The average molecular weight is 282 g/mol. The Morgan fingerprint density at radius 3 is 2.48 bits per heavy atom. The Bertz CT molecular complexity index is 597. The summed E-state index contributed by atoms with van der Waals surface area (Å²) in [5, 5.41) is 6.71. The fraction of sp³-hybridized carbons (Fsp3) is 0.412. The van der Waals surface area contributed by atoms with Gasteiger partial charge in [-0.15, -0.1) is 0 Å². The molecule has 2 unspecified atom stereocenters. The van der Waals surface area contributed by atoms with Crippen molar-refractivity contribution in [3.8, 4) is 11.4 Å². The summed E-state index contributed by atoms with van der Waals surface area (Å²) < 4.78 is 0. The highest BCUT2D eigenvalue weighted by Crippen LogP contribution is 2.28. The smallest absolute Gasteiger partial charge is 0.163 e. The predicted molar refractivity (Wildman–Crippen MR) is 87.4 cm³/mol. The number of nitrogens with one attached hydrogen (secondary N) is 2. The molecule has 3 rings (SSSR count). The van der Waals surface area contributed by atoms with Crippen LogP contribution in [0.1, 0.15) is 26.2 Å². The van der Waals surface area contributed by atoms with Gasteiger partial charge in [-0.2, -0.15) is 0 Å². The summed E-state index contributed by atoms with van der Waals surface area (Å²) in [4.78, 5) is 9.24. The maximum absolute atomic E-state index is 4.69. The van der Waals surface area contributed by atoms with Gasteiger partial charge in [0.1, 0.15) is 11.6 Å². The summed E-state index contributed by atoms with van der Waals surface area (Å²) >= 11 is 0. The molecule has 4 heteroatoms. The standard InChI is InChI=1S/C17H22N4/c1-12-7-6-10-14(12)19-16-11-15(18-2)20-17(21-16)13-8-4-3-5-9-13/h3-5,8-9,11-12,14H,6-7,10H2,1-2H3,(H2,18,19,20,21). The number of benzene rings is 1. The van der Waals surface area contributed by atoms with Crippen LogP contribution in [0.5, 0.6) is 0 Å². The van der Waals surface area contributed by atoms with Crippen LogP contribution < -0.4 is 10.6 Å². The van der Waals surface area contributed by atoms with E-state index in [0.717, 1.165) is 23.0 Å². The zero-order valence-electron chi connectivity index (χ0n) is 12.6. The summed E-state index contributed by atoms with van der Waals surface area (Å²) in [5.74, 6) is 3.22. The molecule has 1 aromatic heterocycles. The quantitative estimate of drug-likeness (QED) is 0.896. The number of hydrogen-bond acceptors (Lipinski definition) is 4. The average Bonchev–Trinajstić information content (AvgIpc) is 2.93. The Balaban J connectivity index is 1.90. The molecule has 1 aliphatic rings. The van der Waals surface area contributed by atoms with E-state index in [-0.39, 0.29) is 0 Å². The first-order valence-corrected chi connectivity index (χ1v) is 7.65. The monoisotopic (exact) mass is 282 g/mol. The molecular weight excluding hydrogens is 260 g/mol. The van der Waals surface area contributed by atoms with E-state index >= 15 is 0 Å². The Kier molecular flexibility index (Phi) is 4.04. The first kappa shape index (κ1) is 13.9. The van der Waals surface area contributed by atoms with Gasteiger partial charge in [-0.1, -0.05) is 43.7 Å². The number of hydrogen-bond donors (Lipinski definition) is 2. The Morgan fingerprint density at radius 1 is 1.05 bits per heavy atom. The molecular formula is C17H22N4. The summed E-state index contributed by atoms with van der Waals surface area (Å²) in [6.07, 6.45) is 3.82. The molecule has 0 amide bonds. The Labute approximate surface area is 126 Å². The molecule has 1 saturated carbocycles. The topological polar surface area (TPSA) is 49.8 Å². The van der Waals surface area contributed by atoms with Gasteiger partial charge in [-0.05, 0) is 18.8 Å². The molecule has 2 aromatic rings. The number of anilines is 2. The largest absolute Gasteiger partial charge is 0.373 e. The van der Waals surface area contributed by atoms with Gasteiger partial charge in [-0.25, -0.2) is 9.97 Å². The third-order valence-electron chi connectivity index (χ3n) is 4.21. The van der Waals surface area contributed by atoms with Gasteiger partial charge in [-0.3, -0.25) is 0 Å². The minimum Gasteiger partial charge on any atom is -0.373 e. The van der Waals surface area contributed by atoms with Gasteiger partial charge < -0.3 is 10.6 Å². The molecule has 1 fully saturated rings. The molecule has 1 aliphatic carbocycles.